The average Bonchev–Trinajstić information content (AvgIpc) is 3.47. The van der Waals surface area contributed by atoms with Gasteiger partial charge in [-0.05, 0) is 23.3 Å². The van der Waals surface area contributed by atoms with Crippen LogP contribution in [0.15, 0.2) is 55.2 Å². The summed E-state index contributed by atoms with van der Waals surface area (Å²) in [6, 6.07) is 6.07. The van der Waals surface area contributed by atoms with Crippen molar-refractivity contribution < 1.29 is 33.9 Å². The number of ether oxygens (including phenoxy) is 1. The van der Waals surface area contributed by atoms with E-state index in [0.717, 1.165) is 33.8 Å². The van der Waals surface area contributed by atoms with Gasteiger partial charge in [-0.15, -0.1) is 23.5 Å². The van der Waals surface area contributed by atoms with Gasteiger partial charge in [-0.2, -0.15) is 9.36 Å². The normalized spacial score (nSPS) is 18.0. The SMILES string of the molecule is CO/N=C(\C(=O)N[C@@H]1C(=O)N2C(C(=O)O)=C(CSc3c(N(C)OCc4ccc(OC)cc4)c(=O)c3=O)CS[C@H]12)c1nsc(N)n1. The molecule has 3 heterocycles. The summed E-state index contributed by atoms with van der Waals surface area (Å²) in [4.78, 5) is 78.7. The molecule has 3 aromatic rings. The van der Waals surface area contributed by atoms with E-state index >= 15 is 0 Å². The number of hydroxylamine groups is 1. The number of nitrogens with zero attached hydrogens (tertiary/aromatic N) is 5. The molecule has 19 heteroatoms. The molecule has 0 saturated carbocycles. The number of aromatic nitrogens is 2. The van der Waals surface area contributed by atoms with Gasteiger partial charge in [0.2, 0.25) is 17.0 Å². The third-order valence-corrected chi connectivity index (χ3v) is 9.76. The lowest BCUT2D eigenvalue weighted by Crippen LogP contribution is -2.71. The highest BCUT2D eigenvalue weighted by Gasteiger charge is 2.54. The van der Waals surface area contributed by atoms with Gasteiger partial charge in [0.15, 0.2) is 5.13 Å². The van der Waals surface area contributed by atoms with Gasteiger partial charge in [0, 0.05) is 30.1 Å². The van der Waals surface area contributed by atoms with Crippen LogP contribution in [-0.2, 0) is 30.7 Å². The summed E-state index contributed by atoms with van der Waals surface area (Å²) in [6.45, 7) is 0.123. The van der Waals surface area contributed by atoms with Gasteiger partial charge >= 0.3 is 5.97 Å². The predicted molar refractivity (Wildman–Crippen MR) is 166 cm³/mol. The lowest BCUT2D eigenvalue weighted by Gasteiger charge is -2.49. The number of oxime groups is 1. The maximum absolute atomic E-state index is 13.1. The molecule has 4 N–H and O–H groups in total. The summed E-state index contributed by atoms with van der Waals surface area (Å²) < 4.78 is 9.07. The highest BCUT2D eigenvalue weighted by molar-refractivity contribution is 8.01. The number of benzene rings is 1. The van der Waals surface area contributed by atoms with Gasteiger partial charge in [-0.3, -0.25) is 34.0 Å². The van der Waals surface area contributed by atoms with E-state index in [4.69, 9.17) is 20.1 Å². The number of β-lactam (4-membered cyclic amide) rings is 1. The van der Waals surface area contributed by atoms with E-state index < -0.39 is 40.1 Å². The summed E-state index contributed by atoms with van der Waals surface area (Å²) in [5.74, 6) is -2.00. The summed E-state index contributed by atoms with van der Waals surface area (Å²) in [5, 5.41) is 16.8. The maximum atomic E-state index is 13.1. The maximum Gasteiger partial charge on any atom is 0.352 e. The molecule has 45 heavy (non-hydrogen) atoms. The van der Waals surface area contributed by atoms with Crippen molar-refractivity contribution in [2.45, 2.75) is 22.9 Å². The summed E-state index contributed by atoms with van der Waals surface area (Å²) in [6.07, 6.45) is 0. The number of carbonyl (C=O) groups excluding carboxylic acids is 2. The Bertz CT molecular complexity index is 1780. The van der Waals surface area contributed by atoms with Gasteiger partial charge in [0.1, 0.15) is 35.7 Å². The molecule has 16 nitrogen and oxygen atoms in total. The quantitative estimate of drug-likeness (QED) is 0.0724. The van der Waals surface area contributed by atoms with E-state index in [2.05, 4.69) is 19.8 Å². The topological polar surface area (TPSA) is 216 Å². The Morgan fingerprint density at radius 2 is 1.96 bits per heavy atom. The molecule has 0 aliphatic carbocycles. The predicted octanol–water partition coefficient (Wildman–Crippen LogP) is 0.174. The largest absolute Gasteiger partial charge is 0.497 e. The van der Waals surface area contributed by atoms with Gasteiger partial charge in [-0.1, -0.05) is 17.3 Å². The van der Waals surface area contributed by atoms with Gasteiger partial charge in [0.25, 0.3) is 17.2 Å². The van der Waals surface area contributed by atoms with Crippen LogP contribution in [-0.4, -0.2) is 87.0 Å². The lowest BCUT2D eigenvalue weighted by molar-refractivity contribution is -0.150. The molecular formula is C26H25N7O9S3. The fraction of sp³-hybridized carbons (Fsp3) is 0.308. The van der Waals surface area contributed by atoms with Crippen molar-refractivity contribution in [1.29, 1.82) is 0 Å². The fourth-order valence-corrected chi connectivity index (χ4v) is 7.56. The second kappa shape index (κ2) is 13.3. The molecule has 0 spiro atoms. The van der Waals surface area contributed by atoms with Crippen LogP contribution in [0.3, 0.4) is 0 Å². The zero-order valence-electron chi connectivity index (χ0n) is 23.8. The van der Waals surface area contributed by atoms with Crippen LogP contribution >= 0.6 is 35.1 Å². The van der Waals surface area contributed by atoms with Crippen LogP contribution in [0.2, 0.25) is 0 Å². The standard InChI is InChI=1S/C26H25N7O9S3/c1-32(42-8-11-4-6-13(40-2)7-5-11)17-18(34)19(35)20(17)43-9-12-10-44-24-15(23(37)33(24)16(12)25(38)39)28-22(36)14(30-41-3)21-29-26(27)45-31-21/h4-7,15,24H,8-10H2,1-3H3,(H,28,36)(H,38,39)(H2,27,29,31)/b30-14-/t15-,24-/m1/s1. The first kappa shape index (κ1) is 31.9. The summed E-state index contributed by atoms with van der Waals surface area (Å²) >= 11 is 3.07. The number of nitrogens with one attached hydrogen (secondary N) is 1. The van der Waals surface area contributed by atoms with E-state index in [0.29, 0.717) is 11.3 Å². The minimum Gasteiger partial charge on any atom is -0.497 e. The Morgan fingerprint density at radius 1 is 1.22 bits per heavy atom. The van der Waals surface area contributed by atoms with Crippen molar-refractivity contribution in [2.24, 2.45) is 5.16 Å². The Labute approximate surface area is 267 Å². The smallest absolute Gasteiger partial charge is 0.352 e. The number of nitrogens with two attached hydrogens (primary N) is 1. The summed E-state index contributed by atoms with van der Waals surface area (Å²) in [7, 11) is 4.28. The first-order chi connectivity index (χ1) is 21.5. The number of carbonyl (C=O) groups is 3. The highest BCUT2D eigenvalue weighted by Crippen LogP contribution is 2.42. The number of methoxy groups -OCH3 is 1. The first-order valence-corrected chi connectivity index (χ1v) is 15.7. The first-order valence-electron chi connectivity index (χ1n) is 12.9. The van der Waals surface area contributed by atoms with Crippen LogP contribution in [0.5, 0.6) is 5.75 Å². The van der Waals surface area contributed by atoms with E-state index in [1.54, 1.807) is 31.4 Å². The second-order valence-electron chi connectivity index (χ2n) is 9.44. The number of carboxylic acid groups (broad SMARTS) is 1. The molecule has 1 aromatic heterocycles. The van der Waals surface area contributed by atoms with Crippen molar-refractivity contribution in [2.75, 3.05) is 43.6 Å². The minimum atomic E-state index is -1.34. The van der Waals surface area contributed by atoms with E-state index in [9.17, 15) is 29.1 Å². The monoisotopic (exact) mass is 675 g/mol. The summed E-state index contributed by atoms with van der Waals surface area (Å²) in [5.41, 5.74) is 4.86. The number of rotatable bonds is 13. The molecule has 0 bridgehead atoms. The molecule has 2 amide bonds. The van der Waals surface area contributed by atoms with Crippen LogP contribution < -0.4 is 31.7 Å². The van der Waals surface area contributed by atoms with Gasteiger partial charge < -0.3 is 25.7 Å². The number of carboxylic acids is 1. The van der Waals surface area contributed by atoms with Crippen molar-refractivity contribution in [3.8, 4) is 5.75 Å². The molecule has 0 unspecified atom stereocenters. The molecule has 2 aliphatic rings. The number of thioether (sulfide) groups is 2. The average molecular weight is 676 g/mol. The fourth-order valence-electron chi connectivity index (χ4n) is 4.51. The van der Waals surface area contributed by atoms with Crippen LogP contribution in [0.4, 0.5) is 10.8 Å². The second-order valence-corrected chi connectivity index (χ2v) is 12.3. The van der Waals surface area contributed by atoms with Crippen LogP contribution in [0.1, 0.15) is 11.4 Å². The van der Waals surface area contributed by atoms with Crippen LogP contribution in [0.25, 0.3) is 0 Å². The van der Waals surface area contributed by atoms with Crippen molar-refractivity contribution >= 4 is 69.4 Å². The van der Waals surface area contributed by atoms with E-state index in [-0.39, 0.29) is 51.1 Å². The number of anilines is 2. The Morgan fingerprint density at radius 3 is 2.58 bits per heavy atom. The molecule has 236 valence electrons. The molecular weight excluding hydrogens is 651 g/mol. The molecule has 2 atom stereocenters. The number of hydrogen-bond acceptors (Lipinski definition) is 16. The molecule has 5 rings (SSSR count). The minimum absolute atomic E-state index is 0.0217. The Kier molecular flexibility index (Phi) is 9.42. The number of amides is 2. The van der Waals surface area contributed by atoms with Crippen molar-refractivity contribution in [1.82, 2.24) is 19.6 Å². The van der Waals surface area contributed by atoms with Crippen molar-refractivity contribution in [3.63, 3.8) is 0 Å². The molecule has 2 aliphatic heterocycles. The zero-order chi connectivity index (χ0) is 32.4. The zero-order valence-corrected chi connectivity index (χ0v) is 26.3. The highest BCUT2D eigenvalue weighted by atomic mass is 32.2. The van der Waals surface area contributed by atoms with E-state index in [1.165, 1.54) is 31.0 Å². The molecule has 2 aromatic carbocycles. The third-order valence-electron chi connectivity index (χ3n) is 6.72. The lowest BCUT2D eigenvalue weighted by atomic mass is 10.0. The van der Waals surface area contributed by atoms with E-state index in [1.807, 2.05) is 0 Å². The molecule has 1 fully saturated rings. The molecule has 0 radical (unpaired) electrons. The number of nitrogen functional groups attached to an aromatic ring is 1. The Hall–Kier alpha value is -4.46. The number of aliphatic carboxylic acids is 1. The number of hydrogen-bond donors (Lipinski definition) is 3. The van der Waals surface area contributed by atoms with Crippen molar-refractivity contribution in [3.05, 3.63) is 67.4 Å². The number of fused-ring (bicyclic) bond motifs is 1. The third kappa shape index (κ3) is 6.23. The molecule has 1 saturated heterocycles. The van der Waals surface area contributed by atoms with Gasteiger partial charge in [0.05, 0.1) is 18.6 Å². The van der Waals surface area contributed by atoms with Crippen LogP contribution in [0, 0.1) is 0 Å². The Balaban J connectivity index is 1.26. The van der Waals surface area contributed by atoms with Gasteiger partial charge in [-0.25, -0.2) is 4.79 Å².